The molecular weight excluding hydrogens is 332 g/mol. The van der Waals surface area contributed by atoms with Crippen molar-refractivity contribution in [2.75, 3.05) is 19.5 Å². The maximum Gasteiger partial charge on any atom is 0.270 e. The lowest BCUT2D eigenvalue weighted by Crippen LogP contribution is -2.36. The third-order valence-electron chi connectivity index (χ3n) is 4.47. The Labute approximate surface area is 153 Å². The molecule has 1 saturated carbocycles. The first kappa shape index (κ1) is 18.0. The number of ether oxygens (including phenoxy) is 2. The molecular formula is C19H24N4O3. The van der Waals surface area contributed by atoms with Gasteiger partial charge < -0.3 is 20.1 Å². The van der Waals surface area contributed by atoms with Crippen molar-refractivity contribution in [2.24, 2.45) is 0 Å². The fourth-order valence-corrected chi connectivity index (χ4v) is 3.09. The Morgan fingerprint density at radius 3 is 2.58 bits per heavy atom. The van der Waals surface area contributed by atoms with Gasteiger partial charge in [0.2, 0.25) is 5.95 Å². The number of methoxy groups -OCH3 is 2. The molecule has 1 aliphatic carbocycles. The van der Waals surface area contributed by atoms with Crippen LogP contribution in [0.1, 0.15) is 42.6 Å². The average molecular weight is 356 g/mol. The number of hydrogen-bond acceptors (Lipinski definition) is 6. The van der Waals surface area contributed by atoms with Gasteiger partial charge in [-0.05, 0) is 31.0 Å². The smallest absolute Gasteiger partial charge is 0.270 e. The number of nitrogens with zero attached hydrogens (tertiary/aromatic N) is 2. The normalized spacial score (nSPS) is 14.5. The van der Waals surface area contributed by atoms with Gasteiger partial charge in [0.25, 0.3) is 5.91 Å². The minimum atomic E-state index is -0.158. The maximum absolute atomic E-state index is 12.4. The van der Waals surface area contributed by atoms with E-state index in [4.69, 9.17) is 9.47 Å². The lowest BCUT2D eigenvalue weighted by Gasteiger charge is -2.22. The topological polar surface area (TPSA) is 85.4 Å². The zero-order valence-electron chi connectivity index (χ0n) is 15.1. The Balaban J connectivity index is 1.69. The molecule has 1 amide bonds. The molecule has 1 aromatic carbocycles. The highest BCUT2D eigenvalue weighted by Gasteiger charge is 2.17. The van der Waals surface area contributed by atoms with E-state index in [1.165, 1.54) is 19.3 Å². The van der Waals surface area contributed by atoms with Crippen LogP contribution in [0, 0.1) is 0 Å². The fourth-order valence-electron chi connectivity index (χ4n) is 3.09. The first-order valence-electron chi connectivity index (χ1n) is 8.82. The first-order chi connectivity index (χ1) is 12.7. The number of anilines is 2. The molecule has 1 heterocycles. The third-order valence-corrected chi connectivity index (χ3v) is 4.47. The molecule has 0 radical (unpaired) electrons. The van der Waals surface area contributed by atoms with Crippen LogP contribution in [-0.2, 0) is 0 Å². The molecule has 0 unspecified atom stereocenters. The second kappa shape index (κ2) is 8.51. The van der Waals surface area contributed by atoms with Crippen LogP contribution < -0.4 is 20.1 Å². The number of carbonyl (C=O) groups is 1. The zero-order valence-corrected chi connectivity index (χ0v) is 15.1. The van der Waals surface area contributed by atoms with Crippen LogP contribution in [0.3, 0.4) is 0 Å². The van der Waals surface area contributed by atoms with Crippen LogP contribution >= 0.6 is 0 Å². The molecule has 138 valence electrons. The van der Waals surface area contributed by atoms with Gasteiger partial charge in [0.1, 0.15) is 5.69 Å². The Kier molecular flexibility index (Phi) is 5.88. The molecule has 1 aliphatic rings. The number of hydrogen-bond donors (Lipinski definition) is 2. The van der Waals surface area contributed by atoms with Crippen LogP contribution in [0.2, 0.25) is 0 Å². The van der Waals surface area contributed by atoms with Crippen molar-refractivity contribution < 1.29 is 14.3 Å². The van der Waals surface area contributed by atoms with Gasteiger partial charge in [-0.1, -0.05) is 19.3 Å². The minimum absolute atomic E-state index is 0.158. The standard InChI is InChI=1S/C19H24N4O3/c1-25-16-9-8-14(12-17(16)26-2)22-19-20-11-10-15(23-19)18(24)21-13-6-4-3-5-7-13/h8-13H,3-7H2,1-2H3,(H,21,24)(H,20,22,23). The number of carbonyl (C=O) groups excluding carboxylic acids is 1. The van der Waals surface area contributed by atoms with Crippen molar-refractivity contribution in [2.45, 2.75) is 38.1 Å². The molecule has 0 spiro atoms. The van der Waals surface area contributed by atoms with E-state index in [0.717, 1.165) is 18.5 Å². The molecule has 26 heavy (non-hydrogen) atoms. The van der Waals surface area contributed by atoms with E-state index in [1.54, 1.807) is 38.6 Å². The fraction of sp³-hybridized carbons (Fsp3) is 0.421. The van der Waals surface area contributed by atoms with Crippen molar-refractivity contribution in [1.29, 1.82) is 0 Å². The van der Waals surface area contributed by atoms with Crippen molar-refractivity contribution in [3.05, 3.63) is 36.2 Å². The van der Waals surface area contributed by atoms with Crippen molar-refractivity contribution in [3.8, 4) is 11.5 Å². The summed E-state index contributed by atoms with van der Waals surface area (Å²) < 4.78 is 10.5. The SMILES string of the molecule is COc1ccc(Nc2nccc(C(=O)NC3CCCCC3)n2)cc1OC. The summed E-state index contributed by atoms with van der Waals surface area (Å²) in [7, 11) is 3.16. The predicted octanol–water partition coefficient (Wildman–Crippen LogP) is 3.30. The lowest BCUT2D eigenvalue weighted by molar-refractivity contribution is 0.0922. The highest BCUT2D eigenvalue weighted by Crippen LogP contribution is 2.30. The summed E-state index contributed by atoms with van der Waals surface area (Å²) in [5, 5.41) is 6.16. The van der Waals surface area contributed by atoms with Crippen LogP contribution in [-0.4, -0.2) is 36.1 Å². The molecule has 7 heteroatoms. The summed E-state index contributed by atoms with van der Waals surface area (Å²) in [5.41, 5.74) is 1.10. The van der Waals surface area contributed by atoms with Gasteiger partial charge in [-0.2, -0.15) is 0 Å². The van der Waals surface area contributed by atoms with Gasteiger partial charge in [-0.25, -0.2) is 9.97 Å². The quantitative estimate of drug-likeness (QED) is 0.826. The van der Waals surface area contributed by atoms with Gasteiger partial charge in [0.05, 0.1) is 14.2 Å². The van der Waals surface area contributed by atoms with Crippen LogP contribution in [0.25, 0.3) is 0 Å². The van der Waals surface area contributed by atoms with Crippen LogP contribution in [0.15, 0.2) is 30.5 Å². The van der Waals surface area contributed by atoms with Gasteiger partial charge in [0.15, 0.2) is 11.5 Å². The monoisotopic (exact) mass is 356 g/mol. The second-order valence-electron chi connectivity index (χ2n) is 6.27. The van der Waals surface area contributed by atoms with E-state index in [0.29, 0.717) is 23.1 Å². The van der Waals surface area contributed by atoms with Gasteiger partial charge in [-0.15, -0.1) is 0 Å². The Hall–Kier alpha value is -2.83. The molecule has 7 nitrogen and oxygen atoms in total. The number of amides is 1. The van der Waals surface area contributed by atoms with Gasteiger partial charge in [-0.3, -0.25) is 4.79 Å². The average Bonchev–Trinajstić information content (AvgIpc) is 2.69. The van der Waals surface area contributed by atoms with Crippen LogP contribution in [0.4, 0.5) is 11.6 Å². The highest BCUT2D eigenvalue weighted by molar-refractivity contribution is 5.92. The van der Waals surface area contributed by atoms with E-state index in [2.05, 4.69) is 20.6 Å². The van der Waals surface area contributed by atoms with Crippen molar-refractivity contribution in [1.82, 2.24) is 15.3 Å². The molecule has 0 saturated heterocycles. The van der Waals surface area contributed by atoms with Gasteiger partial charge in [0, 0.05) is 24.0 Å². The van der Waals surface area contributed by atoms with E-state index in [-0.39, 0.29) is 11.9 Å². The molecule has 1 aromatic heterocycles. The Bertz CT molecular complexity index is 760. The molecule has 2 aromatic rings. The molecule has 3 rings (SSSR count). The van der Waals surface area contributed by atoms with E-state index in [9.17, 15) is 4.79 Å². The maximum atomic E-state index is 12.4. The predicted molar refractivity (Wildman–Crippen MR) is 99.2 cm³/mol. The third kappa shape index (κ3) is 4.41. The number of aromatic nitrogens is 2. The molecule has 2 N–H and O–H groups in total. The first-order valence-corrected chi connectivity index (χ1v) is 8.82. The summed E-state index contributed by atoms with van der Waals surface area (Å²) in [6.45, 7) is 0. The van der Waals surface area contributed by atoms with E-state index < -0.39 is 0 Å². The van der Waals surface area contributed by atoms with Crippen molar-refractivity contribution in [3.63, 3.8) is 0 Å². The van der Waals surface area contributed by atoms with E-state index in [1.807, 2.05) is 6.07 Å². The number of benzene rings is 1. The molecule has 1 fully saturated rings. The number of nitrogens with one attached hydrogen (secondary N) is 2. The largest absolute Gasteiger partial charge is 0.493 e. The molecule has 0 atom stereocenters. The van der Waals surface area contributed by atoms with Crippen molar-refractivity contribution >= 4 is 17.5 Å². The number of rotatable bonds is 6. The summed E-state index contributed by atoms with van der Waals surface area (Å²) in [4.78, 5) is 20.9. The molecule has 0 bridgehead atoms. The summed E-state index contributed by atoms with van der Waals surface area (Å²) >= 11 is 0. The highest BCUT2D eigenvalue weighted by atomic mass is 16.5. The summed E-state index contributed by atoms with van der Waals surface area (Å²) in [6, 6.07) is 7.28. The Morgan fingerprint density at radius 2 is 1.85 bits per heavy atom. The zero-order chi connectivity index (χ0) is 18.4. The molecule has 0 aliphatic heterocycles. The second-order valence-corrected chi connectivity index (χ2v) is 6.27. The minimum Gasteiger partial charge on any atom is -0.493 e. The van der Waals surface area contributed by atoms with Crippen LogP contribution in [0.5, 0.6) is 11.5 Å². The Morgan fingerprint density at radius 1 is 1.08 bits per heavy atom. The summed E-state index contributed by atoms with van der Waals surface area (Å²) in [6.07, 6.45) is 7.23. The lowest BCUT2D eigenvalue weighted by atomic mass is 9.95. The van der Waals surface area contributed by atoms with E-state index >= 15 is 0 Å². The van der Waals surface area contributed by atoms with Gasteiger partial charge >= 0.3 is 0 Å². The summed E-state index contributed by atoms with van der Waals surface area (Å²) in [5.74, 6) is 1.44.